The van der Waals surface area contributed by atoms with Gasteiger partial charge in [-0.25, -0.2) is 19.7 Å². The second-order valence-corrected chi connectivity index (χ2v) is 7.55. The maximum Gasteiger partial charge on any atom is 0.516 e. The summed E-state index contributed by atoms with van der Waals surface area (Å²) in [6, 6.07) is 6.80. The molecule has 13 heteroatoms. The fourth-order valence-electron chi connectivity index (χ4n) is 3.80. The summed E-state index contributed by atoms with van der Waals surface area (Å²) in [7, 11) is 2.69. The SMILES string of the molecule is COC[C@H]1O[C@@H](n2cnc3c(Nc4ccc5oc(OC(=O)OC)cc5c4)ncnc32)[C@H](O)[C@@H]1O. The quantitative estimate of drug-likeness (QED) is 0.349. The lowest BCUT2D eigenvalue weighted by Crippen LogP contribution is -2.33. The van der Waals surface area contributed by atoms with Gasteiger partial charge in [0.05, 0.1) is 20.0 Å². The number of hydrogen-bond acceptors (Lipinski definition) is 12. The molecule has 13 nitrogen and oxygen atoms in total. The molecule has 1 saturated heterocycles. The number of ether oxygens (including phenoxy) is 4. The van der Waals surface area contributed by atoms with Crippen molar-refractivity contribution in [1.29, 1.82) is 0 Å². The van der Waals surface area contributed by atoms with E-state index in [4.69, 9.17) is 18.6 Å². The maximum atomic E-state index is 11.3. The molecule has 0 bridgehead atoms. The maximum absolute atomic E-state index is 11.3. The Hall–Kier alpha value is -3.78. The van der Waals surface area contributed by atoms with Crippen molar-refractivity contribution >= 4 is 39.8 Å². The number of methoxy groups -OCH3 is 2. The summed E-state index contributed by atoms with van der Waals surface area (Å²) in [5.74, 6) is 0.422. The first kappa shape index (κ1) is 22.0. The topological polar surface area (TPSA) is 163 Å². The number of anilines is 2. The van der Waals surface area contributed by atoms with Crippen LogP contribution in [0.15, 0.2) is 41.3 Å². The number of aliphatic hydroxyl groups excluding tert-OH is 2. The summed E-state index contributed by atoms with van der Waals surface area (Å²) >= 11 is 0. The lowest BCUT2D eigenvalue weighted by Gasteiger charge is -2.16. The minimum absolute atomic E-state index is 0.00579. The van der Waals surface area contributed by atoms with Crippen LogP contribution < -0.4 is 10.1 Å². The summed E-state index contributed by atoms with van der Waals surface area (Å²) in [6.45, 7) is 0.131. The Kier molecular flexibility index (Phi) is 5.75. The van der Waals surface area contributed by atoms with Crippen LogP contribution in [0.1, 0.15) is 6.23 Å². The first-order valence-electron chi connectivity index (χ1n) is 10.2. The molecule has 0 amide bonds. The standard InChI is InChI=1S/C21H21N5O8/c1-30-7-13-16(27)17(28)20(33-13)26-9-24-15-18(22-8-23-19(15)26)25-11-3-4-12-10(5-11)6-14(32-12)34-21(29)31-2/h3-6,8-9,13,16-17,20,27-28H,7H2,1-2H3,(H,22,23,25)/t13-,16-,17-,20-/m1/s1. The van der Waals surface area contributed by atoms with Crippen LogP contribution in [0.3, 0.4) is 0 Å². The highest BCUT2D eigenvalue weighted by Gasteiger charge is 2.44. The van der Waals surface area contributed by atoms with E-state index in [0.717, 1.165) is 0 Å². The molecule has 5 rings (SSSR count). The van der Waals surface area contributed by atoms with E-state index in [-0.39, 0.29) is 12.6 Å². The van der Waals surface area contributed by atoms with Crippen molar-refractivity contribution in [2.75, 3.05) is 26.1 Å². The minimum Gasteiger partial charge on any atom is -0.437 e. The summed E-state index contributed by atoms with van der Waals surface area (Å²) in [4.78, 5) is 24.2. The third-order valence-corrected chi connectivity index (χ3v) is 5.41. The van der Waals surface area contributed by atoms with E-state index in [0.29, 0.717) is 33.6 Å². The number of fused-ring (bicyclic) bond motifs is 2. The average molecular weight is 471 g/mol. The second-order valence-electron chi connectivity index (χ2n) is 7.55. The Balaban J connectivity index is 1.41. The molecule has 1 aliphatic rings. The highest BCUT2D eigenvalue weighted by molar-refractivity contribution is 5.88. The van der Waals surface area contributed by atoms with Crippen molar-refractivity contribution in [2.45, 2.75) is 24.5 Å². The molecule has 0 unspecified atom stereocenters. The normalized spacial score (nSPS) is 22.4. The van der Waals surface area contributed by atoms with Crippen molar-refractivity contribution in [3.63, 3.8) is 0 Å². The van der Waals surface area contributed by atoms with Gasteiger partial charge in [0.25, 0.3) is 5.95 Å². The van der Waals surface area contributed by atoms with Crippen LogP contribution in [0.2, 0.25) is 0 Å². The predicted octanol–water partition coefficient (Wildman–Crippen LogP) is 1.73. The van der Waals surface area contributed by atoms with Gasteiger partial charge in [-0.3, -0.25) is 4.57 Å². The number of carbonyl (C=O) groups excluding carboxylic acids is 1. The van der Waals surface area contributed by atoms with Crippen molar-refractivity contribution in [3.05, 3.63) is 36.9 Å². The number of benzene rings is 1. The number of furan rings is 1. The third-order valence-electron chi connectivity index (χ3n) is 5.41. The zero-order valence-electron chi connectivity index (χ0n) is 18.1. The fourth-order valence-corrected chi connectivity index (χ4v) is 3.80. The molecule has 0 saturated carbocycles. The number of imidazole rings is 1. The second kappa shape index (κ2) is 8.87. The molecule has 0 aliphatic carbocycles. The molecule has 34 heavy (non-hydrogen) atoms. The van der Waals surface area contributed by atoms with E-state index in [2.05, 4.69) is 25.0 Å². The van der Waals surface area contributed by atoms with Gasteiger partial charge in [0.1, 0.15) is 30.2 Å². The van der Waals surface area contributed by atoms with E-state index in [1.807, 2.05) is 0 Å². The van der Waals surface area contributed by atoms with Crippen LogP contribution in [0.25, 0.3) is 22.1 Å². The largest absolute Gasteiger partial charge is 0.516 e. The summed E-state index contributed by atoms with van der Waals surface area (Å²) in [5, 5.41) is 24.6. The van der Waals surface area contributed by atoms with Crippen molar-refractivity contribution in [3.8, 4) is 5.95 Å². The fraction of sp³-hybridized carbons (Fsp3) is 0.333. The van der Waals surface area contributed by atoms with E-state index < -0.39 is 30.7 Å². The summed E-state index contributed by atoms with van der Waals surface area (Å²) in [6.07, 6.45) is -1.93. The Morgan fingerprint density at radius 3 is 2.82 bits per heavy atom. The zero-order chi connectivity index (χ0) is 23.8. The average Bonchev–Trinajstić information content (AvgIpc) is 3.51. The van der Waals surface area contributed by atoms with E-state index >= 15 is 0 Å². The number of aromatic nitrogens is 4. The highest BCUT2D eigenvalue weighted by atomic mass is 16.7. The number of nitrogens with one attached hydrogen (secondary N) is 1. The molecule has 1 aromatic carbocycles. The van der Waals surface area contributed by atoms with Crippen LogP contribution in [0.4, 0.5) is 16.3 Å². The highest BCUT2D eigenvalue weighted by Crippen LogP contribution is 2.33. The van der Waals surface area contributed by atoms with E-state index in [9.17, 15) is 15.0 Å². The van der Waals surface area contributed by atoms with Gasteiger partial charge in [-0.05, 0) is 18.2 Å². The molecule has 1 fully saturated rings. The molecule has 0 spiro atoms. The molecule has 4 heterocycles. The Bertz CT molecular complexity index is 1340. The Morgan fingerprint density at radius 1 is 1.18 bits per heavy atom. The molecule has 3 N–H and O–H groups in total. The van der Waals surface area contributed by atoms with Gasteiger partial charge in [0.2, 0.25) is 0 Å². The first-order valence-corrected chi connectivity index (χ1v) is 10.2. The van der Waals surface area contributed by atoms with Crippen LogP contribution in [-0.2, 0) is 14.2 Å². The molecule has 4 aromatic rings. The number of nitrogens with zero attached hydrogens (tertiary/aromatic N) is 4. The number of carbonyl (C=O) groups is 1. The molecular formula is C21H21N5O8. The molecule has 178 valence electrons. The van der Waals surface area contributed by atoms with Gasteiger partial charge < -0.3 is 38.9 Å². The molecular weight excluding hydrogens is 450 g/mol. The predicted molar refractivity (Wildman–Crippen MR) is 116 cm³/mol. The van der Waals surface area contributed by atoms with Crippen molar-refractivity contribution in [2.24, 2.45) is 0 Å². The Labute approximate surface area is 191 Å². The number of hydrogen-bond donors (Lipinski definition) is 3. The van der Waals surface area contributed by atoms with Crippen LogP contribution in [0, 0.1) is 0 Å². The van der Waals surface area contributed by atoms with Gasteiger partial charge in [-0.1, -0.05) is 0 Å². The molecule has 0 radical (unpaired) electrons. The zero-order valence-corrected chi connectivity index (χ0v) is 18.1. The van der Waals surface area contributed by atoms with Crippen LogP contribution in [-0.4, -0.2) is 75.0 Å². The van der Waals surface area contributed by atoms with Crippen molar-refractivity contribution < 1.29 is 38.4 Å². The number of aliphatic hydroxyl groups is 2. The molecule has 1 aliphatic heterocycles. The van der Waals surface area contributed by atoms with Gasteiger partial charge in [0, 0.05) is 24.2 Å². The molecule has 3 aromatic heterocycles. The van der Waals surface area contributed by atoms with E-state index in [1.54, 1.807) is 28.8 Å². The lowest BCUT2D eigenvalue weighted by atomic mass is 10.1. The number of rotatable bonds is 6. The van der Waals surface area contributed by atoms with Gasteiger partial charge >= 0.3 is 6.16 Å². The van der Waals surface area contributed by atoms with E-state index in [1.165, 1.54) is 26.9 Å². The first-order chi connectivity index (χ1) is 16.5. The van der Waals surface area contributed by atoms with Gasteiger partial charge in [-0.2, -0.15) is 0 Å². The monoisotopic (exact) mass is 471 g/mol. The van der Waals surface area contributed by atoms with Gasteiger partial charge in [-0.15, -0.1) is 0 Å². The summed E-state index contributed by atoms with van der Waals surface area (Å²) < 4.78 is 27.2. The smallest absolute Gasteiger partial charge is 0.437 e. The lowest BCUT2D eigenvalue weighted by molar-refractivity contribution is -0.0580. The summed E-state index contributed by atoms with van der Waals surface area (Å²) in [5.41, 5.74) is 2.02. The van der Waals surface area contributed by atoms with Crippen molar-refractivity contribution in [1.82, 2.24) is 19.5 Å². The molecule has 4 atom stereocenters. The van der Waals surface area contributed by atoms with Gasteiger partial charge in [0.15, 0.2) is 23.2 Å². The Morgan fingerprint density at radius 2 is 2.03 bits per heavy atom. The van der Waals surface area contributed by atoms with Crippen LogP contribution in [0.5, 0.6) is 5.95 Å². The minimum atomic E-state index is -1.19. The van der Waals surface area contributed by atoms with Crippen LogP contribution >= 0.6 is 0 Å². The third kappa shape index (κ3) is 3.90.